The van der Waals surface area contributed by atoms with E-state index in [0.29, 0.717) is 47.1 Å². The van der Waals surface area contributed by atoms with Crippen LogP contribution in [0.2, 0.25) is 0 Å². The van der Waals surface area contributed by atoms with Gasteiger partial charge in [0.1, 0.15) is 17.2 Å². The molecule has 2 amide bonds. The summed E-state index contributed by atoms with van der Waals surface area (Å²) >= 11 is 1.30. The van der Waals surface area contributed by atoms with E-state index in [0.717, 1.165) is 25.0 Å². The first-order valence-corrected chi connectivity index (χ1v) is 13.5. The van der Waals surface area contributed by atoms with Crippen molar-refractivity contribution in [2.45, 2.75) is 45.3 Å². The maximum atomic E-state index is 12.6. The molecule has 3 aromatic rings. The largest absolute Gasteiger partial charge is 0.573 e. The molecule has 40 heavy (non-hydrogen) atoms. The maximum absolute atomic E-state index is 12.6. The first-order valence-electron chi connectivity index (χ1n) is 12.6. The number of amides is 2. The van der Waals surface area contributed by atoms with E-state index in [1.165, 1.54) is 37.7 Å². The number of urea groups is 1. The van der Waals surface area contributed by atoms with Crippen LogP contribution >= 0.6 is 11.3 Å². The molecular weight excluding hydrogens is 549 g/mol. The molecule has 0 aliphatic carbocycles. The van der Waals surface area contributed by atoms with E-state index in [1.807, 2.05) is 16.9 Å². The van der Waals surface area contributed by atoms with Gasteiger partial charge in [0.05, 0.1) is 19.9 Å². The van der Waals surface area contributed by atoms with Crippen molar-refractivity contribution in [3.05, 3.63) is 58.2 Å². The topological polar surface area (TPSA) is 106 Å². The number of aromatic nitrogens is 1. The van der Waals surface area contributed by atoms with Crippen molar-refractivity contribution in [2.75, 3.05) is 27.3 Å². The number of hydrogen-bond donors (Lipinski definition) is 3. The lowest BCUT2D eigenvalue weighted by molar-refractivity contribution is -0.274. The van der Waals surface area contributed by atoms with Crippen molar-refractivity contribution < 1.29 is 37.3 Å². The molecule has 0 aliphatic rings. The van der Waals surface area contributed by atoms with E-state index < -0.39 is 12.6 Å². The molecule has 218 valence electrons. The number of hydrogen-bond acceptors (Lipinski definition) is 7. The fourth-order valence-corrected chi connectivity index (χ4v) is 4.87. The first kappa shape index (κ1) is 30.8. The van der Waals surface area contributed by atoms with Crippen LogP contribution in [0.4, 0.5) is 18.0 Å². The van der Waals surface area contributed by atoms with Gasteiger partial charge in [0.2, 0.25) is 0 Å². The second kappa shape index (κ2) is 14.6. The average molecular weight is 583 g/mol. The summed E-state index contributed by atoms with van der Waals surface area (Å²) < 4.78 is 54.3. The van der Waals surface area contributed by atoms with Gasteiger partial charge in [-0.15, -0.1) is 24.5 Å². The van der Waals surface area contributed by atoms with Gasteiger partial charge in [0.15, 0.2) is 11.0 Å². The van der Waals surface area contributed by atoms with Gasteiger partial charge in [-0.25, -0.2) is 9.79 Å². The number of nitrogens with zero attached hydrogens (tertiary/aromatic N) is 2. The highest BCUT2D eigenvalue weighted by atomic mass is 32.1. The molecule has 0 saturated heterocycles. The number of ether oxygens (including phenoxy) is 3. The summed E-state index contributed by atoms with van der Waals surface area (Å²) in [6, 6.07) is 10.4. The van der Waals surface area contributed by atoms with Crippen LogP contribution in [0.15, 0.2) is 52.8 Å². The molecule has 0 fully saturated rings. The number of carbonyl (C=O) groups is 1. The van der Waals surface area contributed by atoms with E-state index in [2.05, 4.69) is 20.4 Å². The van der Waals surface area contributed by atoms with Crippen LogP contribution in [0, 0.1) is 0 Å². The van der Waals surface area contributed by atoms with Gasteiger partial charge < -0.3 is 34.5 Å². The lowest BCUT2D eigenvalue weighted by atomic mass is 10.1. The molecule has 3 rings (SSSR count). The molecule has 0 radical (unpaired) electrons. The van der Waals surface area contributed by atoms with E-state index in [1.54, 1.807) is 30.3 Å². The van der Waals surface area contributed by atoms with Gasteiger partial charge in [-0.3, -0.25) is 0 Å². The van der Waals surface area contributed by atoms with Crippen LogP contribution in [0.25, 0.3) is 11.3 Å². The highest BCUT2D eigenvalue weighted by Crippen LogP contribution is 2.31. The second-order valence-electron chi connectivity index (χ2n) is 8.58. The van der Waals surface area contributed by atoms with Crippen LogP contribution in [0.1, 0.15) is 38.0 Å². The predicted molar refractivity (Wildman–Crippen MR) is 145 cm³/mol. The highest BCUT2D eigenvalue weighted by Gasteiger charge is 2.31. The van der Waals surface area contributed by atoms with Gasteiger partial charge in [0.25, 0.3) is 0 Å². The molecule has 13 heteroatoms. The van der Waals surface area contributed by atoms with Crippen LogP contribution < -0.4 is 29.6 Å². The standard InChI is InChI=1S/C27H33F3N4O5S/c1-4-31-25(36)32-14-6-5-7-15-34-22(18-8-10-19(11-9-18)39-27(28,29)30)17-40-26(34)33-24(35)21-13-12-20(37-2)16-23(21)38-3/h8-13,16-17,24,35H,4-7,14-15H2,1-3H3,(H2,31,32,36)/b33-26-. The average Bonchev–Trinajstić information content (AvgIpc) is 3.31. The normalized spacial score (nSPS) is 12.6. The Hall–Kier alpha value is -3.71. The third-order valence-corrected chi connectivity index (χ3v) is 6.69. The summed E-state index contributed by atoms with van der Waals surface area (Å²) in [7, 11) is 3.02. The molecular formula is C27H33F3N4O5S. The zero-order chi connectivity index (χ0) is 29.1. The number of nitrogens with one attached hydrogen (secondary N) is 2. The first-order chi connectivity index (χ1) is 19.1. The van der Waals surface area contributed by atoms with Crippen molar-refractivity contribution in [3.8, 4) is 28.5 Å². The molecule has 3 N–H and O–H groups in total. The lowest BCUT2D eigenvalue weighted by Gasteiger charge is -2.14. The number of carbonyl (C=O) groups excluding carboxylic acids is 1. The maximum Gasteiger partial charge on any atom is 0.573 e. The van der Waals surface area contributed by atoms with Crippen molar-refractivity contribution >= 4 is 17.4 Å². The van der Waals surface area contributed by atoms with E-state index in [4.69, 9.17) is 9.47 Å². The molecule has 1 unspecified atom stereocenters. The summed E-state index contributed by atoms with van der Waals surface area (Å²) in [6.45, 7) is 3.46. The number of aliphatic hydroxyl groups excluding tert-OH is 1. The zero-order valence-electron chi connectivity index (χ0n) is 22.5. The minimum atomic E-state index is -4.78. The molecule has 0 aliphatic heterocycles. The molecule has 1 aromatic heterocycles. The van der Waals surface area contributed by atoms with Crippen LogP contribution in [-0.2, 0) is 6.54 Å². The second-order valence-corrected chi connectivity index (χ2v) is 9.42. The Bertz CT molecular complexity index is 1310. The summed E-state index contributed by atoms with van der Waals surface area (Å²) in [5, 5.41) is 18.3. The van der Waals surface area contributed by atoms with Crippen molar-refractivity contribution in [1.82, 2.24) is 15.2 Å². The fourth-order valence-electron chi connectivity index (χ4n) is 3.91. The van der Waals surface area contributed by atoms with Gasteiger partial charge in [0, 0.05) is 36.6 Å². The fraction of sp³-hybridized carbons (Fsp3) is 0.407. The summed E-state index contributed by atoms with van der Waals surface area (Å²) in [5.74, 6) is 0.671. The molecule has 2 aromatic carbocycles. The minimum absolute atomic E-state index is 0.209. The van der Waals surface area contributed by atoms with E-state index >= 15 is 0 Å². The molecule has 0 saturated carbocycles. The van der Waals surface area contributed by atoms with Crippen LogP contribution in [0.5, 0.6) is 17.2 Å². The summed E-state index contributed by atoms with van der Waals surface area (Å²) in [5.41, 5.74) is 1.85. The number of benzene rings is 2. The number of rotatable bonds is 13. The van der Waals surface area contributed by atoms with Gasteiger partial charge in [-0.2, -0.15) is 0 Å². The molecule has 1 atom stereocenters. The van der Waals surface area contributed by atoms with Gasteiger partial charge in [-0.1, -0.05) is 0 Å². The number of halogens is 3. The minimum Gasteiger partial charge on any atom is -0.497 e. The highest BCUT2D eigenvalue weighted by molar-refractivity contribution is 7.07. The summed E-state index contributed by atoms with van der Waals surface area (Å²) in [6.07, 6.45) is -3.70. The Kier molecular flexibility index (Phi) is 11.3. The number of methoxy groups -OCH3 is 2. The molecule has 0 spiro atoms. The van der Waals surface area contributed by atoms with Gasteiger partial charge >= 0.3 is 12.4 Å². The molecule has 0 bridgehead atoms. The van der Waals surface area contributed by atoms with Crippen molar-refractivity contribution in [3.63, 3.8) is 0 Å². The molecule has 9 nitrogen and oxygen atoms in total. The van der Waals surface area contributed by atoms with Gasteiger partial charge in [-0.05, 0) is 68.1 Å². The lowest BCUT2D eigenvalue weighted by Crippen LogP contribution is -2.35. The number of unbranched alkanes of at least 4 members (excludes halogenated alkanes) is 2. The monoisotopic (exact) mass is 582 g/mol. The van der Waals surface area contributed by atoms with Crippen LogP contribution in [0.3, 0.4) is 0 Å². The number of aliphatic hydroxyl groups is 1. The SMILES string of the molecule is CCNC(=O)NCCCCCn1c(-c2ccc(OC(F)(F)F)cc2)cs/c1=N\C(O)c1ccc(OC)cc1OC. The van der Waals surface area contributed by atoms with Crippen molar-refractivity contribution in [2.24, 2.45) is 4.99 Å². The summed E-state index contributed by atoms with van der Waals surface area (Å²) in [4.78, 5) is 16.6. The Morgan fingerprint density at radius 3 is 2.42 bits per heavy atom. The Balaban J connectivity index is 1.85. The Labute approximate surface area is 234 Å². The number of alkyl halides is 3. The van der Waals surface area contributed by atoms with E-state index in [-0.39, 0.29) is 11.8 Å². The third-order valence-electron chi connectivity index (χ3n) is 5.81. The zero-order valence-corrected chi connectivity index (χ0v) is 23.3. The van der Waals surface area contributed by atoms with E-state index in [9.17, 15) is 23.1 Å². The quantitative estimate of drug-likeness (QED) is 0.240. The van der Waals surface area contributed by atoms with Crippen LogP contribution in [-0.4, -0.2) is 49.4 Å². The molecule has 1 heterocycles. The predicted octanol–water partition coefficient (Wildman–Crippen LogP) is 5.21. The Morgan fingerprint density at radius 1 is 1.05 bits per heavy atom. The van der Waals surface area contributed by atoms with Crippen molar-refractivity contribution in [1.29, 1.82) is 0 Å². The third kappa shape index (κ3) is 8.91. The number of thiazole rings is 1. The smallest absolute Gasteiger partial charge is 0.497 e. The Morgan fingerprint density at radius 2 is 1.77 bits per heavy atom.